The maximum Gasteiger partial charge on any atom is 0.174 e. The summed E-state index contributed by atoms with van der Waals surface area (Å²) < 4.78 is 7.27. The molecule has 1 N–H and O–H groups in total. The van der Waals surface area contributed by atoms with E-state index in [1.165, 1.54) is 5.69 Å². The fraction of sp³-hybridized carbons (Fsp3) is 0.214. The molecule has 0 aliphatic rings. The van der Waals surface area contributed by atoms with E-state index in [4.69, 9.17) is 10.00 Å². The summed E-state index contributed by atoms with van der Waals surface area (Å²) in [4.78, 5) is 0. The smallest absolute Gasteiger partial charge is 0.174 e. The molecule has 0 aliphatic heterocycles. The Bertz CT molecular complexity index is 537. The van der Waals surface area contributed by atoms with Gasteiger partial charge in [-0.25, -0.2) is 0 Å². The molecule has 4 nitrogen and oxygen atoms in total. The highest BCUT2D eigenvalue weighted by Crippen LogP contribution is 2.16. The van der Waals surface area contributed by atoms with E-state index in [1.54, 1.807) is 0 Å². The Morgan fingerprint density at radius 3 is 2.67 bits per heavy atom. The SMILES string of the molecule is Cn1cccc1CNc1ccc(OCC#N)cc1. The normalized spacial score (nSPS) is 9.78. The molecule has 1 aromatic heterocycles. The first kappa shape index (κ1) is 12.1. The van der Waals surface area contributed by atoms with E-state index in [0.29, 0.717) is 5.75 Å². The first-order valence-electron chi connectivity index (χ1n) is 5.73. The number of nitriles is 1. The third-order valence-electron chi connectivity index (χ3n) is 2.68. The molecule has 0 atom stereocenters. The van der Waals surface area contributed by atoms with Crippen LogP contribution in [0.15, 0.2) is 42.6 Å². The van der Waals surface area contributed by atoms with E-state index in [2.05, 4.69) is 16.0 Å². The second-order valence-electron chi connectivity index (χ2n) is 3.94. The quantitative estimate of drug-likeness (QED) is 0.875. The van der Waals surface area contributed by atoms with Gasteiger partial charge in [-0.15, -0.1) is 0 Å². The molecular weight excluding hydrogens is 226 g/mol. The van der Waals surface area contributed by atoms with Gasteiger partial charge in [0.1, 0.15) is 11.8 Å². The molecule has 1 aromatic carbocycles. The molecule has 0 amide bonds. The van der Waals surface area contributed by atoms with Crippen LogP contribution in [0.25, 0.3) is 0 Å². The van der Waals surface area contributed by atoms with Crippen LogP contribution in [0.1, 0.15) is 5.69 Å². The van der Waals surface area contributed by atoms with Gasteiger partial charge in [-0.1, -0.05) is 0 Å². The molecule has 0 aliphatic carbocycles. The van der Waals surface area contributed by atoms with E-state index in [-0.39, 0.29) is 6.61 Å². The fourth-order valence-electron chi connectivity index (χ4n) is 1.66. The topological polar surface area (TPSA) is 50.0 Å². The average molecular weight is 241 g/mol. The second-order valence-corrected chi connectivity index (χ2v) is 3.94. The third kappa shape index (κ3) is 3.05. The summed E-state index contributed by atoms with van der Waals surface area (Å²) in [7, 11) is 2.02. The first-order valence-corrected chi connectivity index (χ1v) is 5.73. The summed E-state index contributed by atoms with van der Waals surface area (Å²) in [6.07, 6.45) is 2.02. The van der Waals surface area contributed by atoms with Gasteiger partial charge >= 0.3 is 0 Å². The molecule has 92 valence electrons. The van der Waals surface area contributed by atoms with Crippen LogP contribution in [-0.4, -0.2) is 11.2 Å². The van der Waals surface area contributed by atoms with Crippen LogP contribution in [0.5, 0.6) is 5.75 Å². The number of aromatic nitrogens is 1. The molecule has 2 aromatic rings. The van der Waals surface area contributed by atoms with Crippen LogP contribution >= 0.6 is 0 Å². The van der Waals surface area contributed by atoms with Crippen LogP contribution in [-0.2, 0) is 13.6 Å². The lowest BCUT2D eigenvalue weighted by atomic mass is 10.3. The Hall–Kier alpha value is -2.41. The summed E-state index contributed by atoms with van der Waals surface area (Å²) in [5, 5.41) is 11.7. The maximum atomic E-state index is 8.41. The minimum atomic E-state index is 0.0795. The third-order valence-corrected chi connectivity index (χ3v) is 2.68. The van der Waals surface area contributed by atoms with Gasteiger partial charge in [0.05, 0.1) is 6.54 Å². The molecule has 0 fully saturated rings. The molecule has 0 unspecified atom stereocenters. The maximum absolute atomic E-state index is 8.41. The summed E-state index contributed by atoms with van der Waals surface area (Å²) in [6.45, 7) is 0.859. The van der Waals surface area contributed by atoms with Crippen molar-refractivity contribution in [1.82, 2.24) is 4.57 Å². The summed E-state index contributed by atoms with van der Waals surface area (Å²) in [5.74, 6) is 0.709. The number of anilines is 1. The van der Waals surface area contributed by atoms with Crippen LogP contribution in [0.3, 0.4) is 0 Å². The highest BCUT2D eigenvalue weighted by Gasteiger charge is 1.98. The van der Waals surface area contributed by atoms with Crippen molar-refractivity contribution >= 4 is 5.69 Å². The molecule has 18 heavy (non-hydrogen) atoms. The second kappa shape index (κ2) is 5.78. The molecule has 0 saturated heterocycles. The molecule has 1 heterocycles. The van der Waals surface area contributed by atoms with Crippen LogP contribution in [0, 0.1) is 11.3 Å². The molecular formula is C14H15N3O. The van der Waals surface area contributed by atoms with Crippen molar-refractivity contribution in [2.45, 2.75) is 6.54 Å². The van der Waals surface area contributed by atoms with Crippen molar-refractivity contribution < 1.29 is 4.74 Å². The zero-order valence-corrected chi connectivity index (χ0v) is 10.3. The van der Waals surface area contributed by atoms with E-state index >= 15 is 0 Å². The Morgan fingerprint density at radius 1 is 1.28 bits per heavy atom. The summed E-state index contributed by atoms with van der Waals surface area (Å²) in [6, 6.07) is 13.6. The monoisotopic (exact) mass is 241 g/mol. The van der Waals surface area contributed by atoms with E-state index in [9.17, 15) is 0 Å². The fourth-order valence-corrected chi connectivity index (χ4v) is 1.66. The Kier molecular flexibility index (Phi) is 3.87. The van der Waals surface area contributed by atoms with Crippen LogP contribution < -0.4 is 10.1 Å². The van der Waals surface area contributed by atoms with E-state index < -0.39 is 0 Å². The lowest BCUT2D eigenvalue weighted by Crippen LogP contribution is -2.03. The number of hydrogen-bond acceptors (Lipinski definition) is 3. The molecule has 4 heteroatoms. The predicted molar refractivity (Wildman–Crippen MR) is 70.3 cm³/mol. The van der Waals surface area contributed by atoms with Crippen molar-refractivity contribution in [1.29, 1.82) is 5.26 Å². The van der Waals surface area contributed by atoms with Gasteiger partial charge in [0.2, 0.25) is 0 Å². The highest BCUT2D eigenvalue weighted by atomic mass is 16.5. The van der Waals surface area contributed by atoms with Crippen molar-refractivity contribution in [3.05, 3.63) is 48.3 Å². The minimum Gasteiger partial charge on any atom is -0.479 e. The number of aryl methyl sites for hydroxylation is 1. The lowest BCUT2D eigenvalue weighted by molar-refractivity contribution is 0.368. The number of ether oxygens (including phenoxy) is 1. The Balaban J connectivity index is 1.91. The number of nitrogens with zero attached hydrogens (tertiary/aromatic N) is 2. The number of rotatable bonds is 5. The molecule has 2 rings (SSSR count). The van der Waals surface area contributed by atoms with Gasteiger partial charge in [0, 0.05) is 24.6 Å². The number of hydrogen-bond donors (Lipinski definition) is 1. The van der Waals surface area contributed by atoms with Gasteiger partial charge in [0.15, 0.2) is 6.61 Å². The van der Waals surface area contributed by atoms with Crippen LogP contribution in [0.2, 0.25) is 0 Å². The zero-order valence-electron chi connectivity index (χ0n) is 10.3. The van der Waals surface area contributed by atoms with Crippen molar-refractivity contribution in [2.24, 2.45) is 7.05 Å². The van der Waals surface area contributed by atoms with Crippen molar-refractivity contribution in [3.8, 4) is 11.8 Å². The molecule has 0 radical (unpaired) electrons. The number of benzene rings is 1. The van der Waals surface area contributed by atoms with E-state index in [0.717, 1.165) is 12.2 Å². The number of nitrogens with one attached hydrogen (secondary N) is 1. The molecule has 0 spiro atoms. The minimum absolute atomic E-state index is 0.0795. The largest absolute Gasteiger partial charge is 0.479 e. The highest BCUT2D eigenvalue weighted by molar-refractivity contribution is 5.46. The standard InChI is InChI=1S/C14H15N3O/c1-17-9-2-3-13(17)11-16-12-4-6-14(7-5-12)18-10-8-15/h2-7,9,16H,10-11H2,1H3. The van der Waals surface area contributed by atoms with Gasteiger partial charge in [-0.2, -0.15) is 5.26 Å². The molecule has 0 bridgehead atoms. The summed E-state index contributed by atoms with van der Waals surface area (Å²) >= 11 is 0. The molecule has 0 saturated carbocycles. The van der Waals surface area contributed by atoms with Gasteiger partial charge in [-0.3, -0.25) is 0 Å². The predicted octanol–water partition coefficient (Wildman–Crippen LogP) is 2.54. The van der Waals surface area contributed by atoms with Gasteiger partial charge < -0.3 is 14.6 Å². The summed E-state index contributed by atoms with van der Waals surface area (Å²) in [5.41, 5.74) is 2.25. The van der Waals surface area contributed by atoms with Crippen molar-refractivity contribution in [3.63, 3.8) is 0 Å². The van der Waals surface area contributed by atoms with Gasteiger partial charge in [-0.05, 0) is 36.4 Å². The van der Waals surface area contributed by atoms with Crippen LogP contribution in [0.4, 0.5) is 5.69 Å². The van der Waals surface area contributed by atoms with E-state index in [1.807, 2.05) is 49.6 Å². The van der Waals surface area contributed by atoms with Crippen molar-refractivity contribution in [2.75, 3.05) is 11.9 Å². The Morgan fingerprint density at radius 2 is 2.06 bits per heavy atom. The van der Waals surface area contributed by atoms with Gasteiger partial charge in [0.25, 0.3) is 0 Å². The first-order chi connectivity index (χ1) is 8.79. The Labute approximate surface area is 106 Å². The lowest BCUT2D eigenvalue weighted by Gasteiger charge is -2.08. The zero-order chi connectivity index (χ0) is 12.8. The average Bonchev–Trinajstić information content (AvgIpc) is 2.81.